The lowest BCUT2D eigenvalue weighted by Gasteiger charge is -2.57. The maximum Gasteiger partial charge on any atom is 0.0420 e. The Morgan fingerprint density at radius 3 is 2.14 bits per heavy atom. The molecule has 1 unspecified atom stereocenters. The highest BCUT2D eigenvalue weighted by molar-refractivity contribution is 7.12. The zero-order chi connectivity index (χ0) is 14.6. The molecule has 4 saturated carbocycles. The Bertz CT molecular complexity index is 494. The Balaban J connectivity index is 1.58. The number of hydrogen-bond acceptors (Lipinski definition) is 2. The van der Waals surface area contributed by atoms with Crippen LogP contribution in [0.1, 0.15) is 66.3 Å². The van der Waals surface area contributed by atoms with Crippen molar-refractivity contribution in [2.45, 2.75) is 64.8 Å². The van der Waals surface area contributed by atoms with Gasteiger partial charge < -0.3 is 5.32 Å². The summed E-state index contributed by atoms with van der Waals surface area (Å²) in [6.45, 7) is 4.54. The van der Waals surface area contributed by atoms with Crippen LogP contribution in [0.2, 0.25) is 0 Å². The van der Waals surface area contributed by atoms with E-state index in [9.17, 15) is 0 Å². The van der Waals surface area contributed by atoms with Crippen molar-refractivity contribution in [3.05, 3.63) is 21.4 Å². The first-order chi connectivity index (χ1) is 10.1. The van der Waals surface area contributed by atoms with Crippen molar-refractivity contribution < 1.29 is 0 Å². The molecule has 4 bridgehead atoms. The molecule has 0 radical (unpaired) electrons. The molecule has 4 aliphatic rings. The first-order valence-corrected chi connectivity index (χ1v) is 9.63. The third-order valence-corrected chi connectivity index (χ3v) is 7.81. The molecule has 1 nitrogen and oxygen atoms in total. The number of aryl methyl sites for hydroxylation is 2. The Hall–Kier alpha value is -0.340. The van der Waals surface area contributed by atoms with Crippen LogP contribution in [0.4, 0.5) is 0 Å². The van der Waals surface area contributed by atoms with Gasteiger partial charge in [-0.05, 0) is 101 Å². The molecular formula is C19H29NS. The van der Waals surface area contributed by atoms with Crippen LogP contribution >= 0.6 is 11.3 Å². The normalized spacial score (nSPS) is 38.9. The molecule has 5 rings (SSSR count). The molecule has 0 saturated heterocycles. The minimum atomic E-state index is 0.583. The third kappa shape index (κ3) is 2.49. The van der Waals surface area contributed by atoms with Crippen LogP contribution in [0.5, 0.6) is 0 Å². The molecule has 21 heavy (non-hydrogen) atoms. The molecule has 4 aliphatic carbocycles. The molecular weight excluding hydrogens is 274 g/mol. The molecule has 1 N–H and O–H groups in total. The predicted molar refractivity (Wildman–Crippen MR) is 90.8 cm³/mol. The van der Waals surface area contributed by atoms with Gasteiger partial charge in [0.1, 0.15) is 0 Å². The number of rotatable bonds is 4. The van der Waals surface area contributed by atoms with Crippen molar-refractivity contribution in [1.29, 1.82) is 0 Å². The topological polar surface area (TPSA) is 12.0 Å². The lowest BCUT2D eigenvalue weighted by molar-refractivity contribution is -0.0618. The number of thiophene rings is 1. The summed E-state index contributed by atoms with van der Waals surface area (Å²) in [5.41, 5.74) is 2.17. The van der Waals surface area contributed by atoms with Crippen LogP contribution in [0, 0.1) is 37.0 Å². The van der Waals surface area contributed by atoms with Gasteiger partial charge in [-0.2, -0.15) is 0 Å². The van der Waals surface area contributed by atoms with Gasteiger partial charge in [-0.1, -0.05) is 0 Å². The molecule has 1 heterocycles. The number of hydrogen-bond donors (Lipinski definition) is 1. The van der Waals surface area contributed by atoms with Crippen LogP contribution < -0.4 is 5.32 Å². The number of nitrogens with one attached hydrogen (secondary N) is 1. The smallest absolute Gasteiger partial charge is 0.0420 e. The van der Waals surface area contributed by atoms with Crippen molar-refractivity contribution >= 4 is 11.3 Å². The van der Waals surface area contributed by atoms with Crippen molar-refractivity contribution in [3.8, 4) is 0 Å². The van der Waals surface area contributed by atoms with Crippen molar-refractivity contribution in [2.24, 2.45) is 23.2 Å². The molecule has 1 atom stereocenters. The Morgan fingerprint density at radius 1 is 1.14 bits per heavy atom. The highest BCUT2D eigenvalue weighted by atomic mass is 32.1. The summed E-state index contributed by atoms with van der Waals surface area (Å²) in [5, 5.41) is 3.66. The van der Waals surface area contributed by atoms with E-state index < -0.39 is 0 Å². The van der Waals surface area contributed by atoms with Gasteiger partial charge in [0.05, 0.1) is 0 Å². The Morgan fingerprint density at radius 2 is 1.71 bits per heavy atom. The summed E-state index contributed by atoms with van der Waals surface area (Å²) in [6.07, 6.45) is 10.6. The van der Waals surface area contributed by atoms with Gasteiger partial charge in [0, 0.05) is 15.8 Å². The maximum atomic E-state index is 3.66. The quantitative estimate of drug-likeness (QED) is 0.803. The molecule has 1 aromatic rings. The monoisotopic (exact) mass is 303 g/mol. The van der Waals surface area contributed by atoms with Crippen molar-refractivity contribution in [3.63, 3.8) is 0 Å². The minimum absolute atomic E-state index is 0.583. The fourth-order valence-corrected chi connectivity index (χ4v) is 7.45. The fourth-order valence-electron chi connectivity index (χ4n) is 6.30. The molecule has 2 heteroatoms. The average molecular weight is 304 g/mol. The van der Waals surface area contributed by atoms with Gasteiger partial charge in [0.15, 0.2) is 0 Å². The van der Waals surface area contributed by atoms with E-state index in [-0.39, 0.29) is 0 Å². The predicted octanol–water partition coefficient (Wildman–Crippen LogP) is 5.23. The second-order valence-electron chi connectivity index (χ2n) is 8.37. The van der Waals surface area contributed by atoms with Gasteiger partial charge >= 0.3 is 0 Å². The fraction of sp³-hybridized carbons (Fsp3) is 0.789. The summed E-state index contributed by atoms with van der Waals surface area (Å²) in [7, 11) is 2.17. The van der Waals surface area contributed by atoms with Crippen LogP contribution in [0.25, 0.3) is 0 Å². The lowest BCUT2D eigenvalue weighted by Crippen LogP contribution is -2.47. The molecule has 116 valence electrons. The van der Waals surface area contributed by atoms with E-state index >= 15 is 0 Å². The van der Waals surface area contributed by atoms with E-state index in [4.69, 9.17) is 0 Å². The molecule has 0 aromatic carbocycles. The first-order valence-electron chi connectivity index (χ1n) is 8.81. The molecule has 4 fully saturated rings. The minimum Gasteiger partial charge on any atom is -0.312 e. The summed E-state index contributed by atoms with van der Waals surface area (Å²) in [4.78, 5) is 3.07. The van der Waals surface area contributed by atoms with E-state index in [1.54, 1.807) is 24.1 Å². The lowest BCUT2D eigenvalue weighted by atomic mass is 9.48. The first kappa shape index (κ1) is 14.3. The van der Waals surface area contributed by atoms with E-state index in [0.717, 1.165) is 17.8 Å². The van der Waals surface area contributed by atoms with Gasteiger partial charge in [0.2, 0.25) is 0 Å². The standard InChI is InChI=1S/C19H29NS/c1-12-4-13(2)21-18(12)17(20-3)11-19-8-14-5-15(9-19)7-16(6-14)10-19/h4,14-17,20H,5-11H2,1-3H3. The van der Waals surface area contributed by atoms with Gasteiger partial charge in [-0.3, -0.25) is 0 Å². The second kappa shape index (κ2) is 5.09. The highest BCUT2D eigenvalue weighted by Crippen LogP contribution is 2.62. The maximum absolute atomic E-state index is 3.66. The highest BCUT2D eigenvalue weighted by Gasteiger charge is 2.51. The summed E-state index contributed by atoms with van der Waals surface area (Å²) in [5.74, 6) is 3.21. The van der Waals surface area contributed by atoms with Crippen LogP contribution in [-0.4, -0.2) is 7.05 Å². The van der Waals surface area contributed by atoms with Crippen LogP contribution in [0.3, 0.4) is 0 Å². The van der Waals surface area contributed by atoms with E-state index in [0.29, 0.717) is 11.5 Å². The zero-order valence-electron chi connectivity index (χ0n) is 13.7. The summed E-state index contributed by atoms with van der Waals surface area (Å²) < 4.78 is 0. The molecule has 1 aromatic heterocycles. The van der Waals surface area contributed by atoms with E-state index in [2.05, 4.69) is 32.3 Å². The van der Waals surface area contributed by atoms with Crippen molar-refractivity contribution in [2.75, 3.05) is 7.05 Å². The molecule has 0 aliphatic heterocycles. The van der Waals surface area contributed by atoms with E-state index in [1.165, 1.54) is 36.1 Å². The van der Waals surface area contributed by atoms with Crippen molar-refractivity contribution in [1.82, 2.24) is 5.32 Å². The largest absolute Gasteiger partial charge is 0.312 e. The Kier molecular flexibility index (Phi) is 3.46. The SMILES string of the molecule is CNC(CC12CC3CC(CC(C3)C1)C2)c1sc(C)cc1C. The Labute approximate surface area is 133 Å². The van der Waals surface area contributed by atoms with Crippen LogP contribution in [0.15, 0.2) is 6.07 Å². The summed E-state index contributed by atoms with van der Waals surface area (Å²) >= 11 is 2.01. The van der Waals surface area contributed by atoms with Gasteiger partial charge in [0.25, 0.3) is 0 Å². The van der Waals surface area contributed by atoms with E-state index in [1.807, 2.05) is 11.3 Å². The van der Waals surface area contributed by atoms with Gasteiger partial charge in [-0.25, -0.2) is 0 Å². The zero-order valence-corrected chi connectivity index (χ0v) is 14.6. The average Bonchev–Trinajstić information content (AvgIpc) is 2.73. The second-order valence-corrected chi connectivity index (χ2v) is 9.66. The summed E-state index contributed by atoms with van der Waals surface area (Å²) in [6, 6.07) is 2.95. The molecule has 0 amide bonds. The third-order valence-electron chi connectivity index (χ3n) is 6.55. The van der Waals surface area contributed by atoms with Crippen LogP contribution in [-0.2, 0) is 0 Å². The molecule has 0 spiro atoms. The van der Waals surface area contributed by atoms with Gasteiger partial charge in [-0.15, -0.1) is 11.3 Å².